The first-order valence-electron chi connectivity index (χ1n) is 10.5. The second kappa shape index (κ2) is 11.8. The zero-order chi connectivity index (χ0) is 22.8. The Labute approximate surface area is 191 Å². The molecule has 0 atom stereocenters. The molecule has 0 radical (unpaired) electrons. The predicted molar refractivity (Wildman–Crippen MR) is 127 cm³/mol. The molecule has 8 heteroatoms. The first-order valence-corrected chi connectivity index (χ1v) is 10.9. The van der Waals surface area contributed by atoms with E-state index in [-0.39, 0.29) is 16.5 Å². The molecule has 0 spiro atoms. The van der Waals surface area contributed by atoms with E-state index < -0.39 is 5.56 Å². The molecule has 3 aromatic rings. The van der Waals surface area contributed by atoms with E-state index in [4.69, 9.17) is 16.3 Å². The van der Waals surface area contributed by atoms with Gasteiger partial charge in [-0.25, -0.2) is 0 Å². The van der Waals surface area contributed by atoms with Crippen LogP contribution in [0, 0.1) is 0 Å². The number of hydrogen-bond acceptors (Lipinski definition) is 6. The third-order valence-corrected chi connectivity index (χ3v) is 5.06. The number of hydrazone groups is 1. The van der Waals surface area contributed by atoms with Gasteiger partial charge in [-0.2, -0.15) is 14.9 Å². The third kappa shape index (κ3) is 6.04. The summed E-state index contributed by atoms with van der Waals surface area (Å²) in [6, 6.07) is 16.0. The molecule has 3 rings (SSSR count). The fraction of sp³-hybridized carbons (Fsp3) is 0.250. The molecule has 166 valence electrons. The Morgan fingerprint density at radius 3 is 2.66 bits per heavy atom. The van der Waals surface area contributed by atoms with Gasteiger partial charge in [0.15, 0.2) is 0 Å². The molecule has 1 heterocycles. The maximum Gasteiger partial charge on any atom is 0.292 e. The van der Waals surface area contributed by atoms with Crippen LogP contribution in [0.5, 0.6) is 5.75 Å². The molecular weight excluding hydrogens is 428 g/mol. The summed E-state index contributed by atoms with van der Waals surface area (Å²) in [5.41, 5.74) is 3.33. The van der Waals surface area contributed by atoms with Crippen molar-refractivity contribution in [2.75, 3.05) is 12.0 Å². The normalized spacial score (nSPS) is 10.9. The highest BCUT2D eigenvalue weighted by Gasteiger charge is 2.12. The lowest BCUT2D eigenvalue weighted by atomic mass is 10.1. The molecule has 0 bridgehead atoms. The Morgan fingerprint density at radius 2 is 1.88 bits per heavy atom. The Kier molecular flexibility index (Phi) is 8.57. The Bertz CT molecular complexity index is 1130. The number of nitrogens with one attached hydrogen (secondary N) is 1. The van der Waals surface area contributed by atoms with Gasteiger partial charge in [-0.05, 0) is 30.7 Å². The fourth-order valence-electron chi connectivity index (χ4n) is 3.00. The van der Waals surface area contributed by atoms with Gasteiger partial charge < -0.3 is 4.74 Å². The first kappa shape index (κ1) is 23.2. The molecule has 1 aromatic heterocycles. The van der Waals surface area contributed by atoms with Crippen molar-refractivity contribution in [3.8, 4) is 11.4 Å². The van der Waals surface area contributed by atoms with Crippen LogP contribution in [0.15, 0.2) is 70.7 Å². The number of aromatic nitrogens is 2. The SMILES string of the molecule is CCCCCCOc1ccccc1C(=O)/C=N\Nc1cnn(-c2ccccc2)c(=O)c1Cl. The number of carbonyl (C=O) groups is 1. The highest BCUT2D eigenvalue weighted by Crippen LogP contribution is 2.19. The Morgan fingerprint density at radius 1 is 1.12 bits per heavy atom. The van der Waals surface area contributed by atoms with E-state index in [1.165, 1.54) is 10.9 Å². The summed E-state index contributed by atoms with van der Waals surface area (Å²) < 4.78 is 6.97. The zero-order valence-corrected chi connectivity index (χ0v) is 18.6. The molecule has 32 heavy (non-hydrogen) atoms. The van der Waals surface area contributed by atoms with Crippen LogP contribution in [-0.2, 0) is 0 Å². The lowest BCUT2D eigenvalue weighted by molar-refractivity contribution is 0.106. The number of nitrogens with zero attached hydrogens (tertiary/aromatic N) is 3. The van der Waals surface area contributed by atoms with Crippen molar-refractivity contribution in [1.82, 2.24) is 9.78 Å². The minimum Gasteiger partial charge on any atom is -0.493 e. The van der Waals surface area contributed by atoms with Gasteiger partial charge in [-0.1, -0.05) is 68.1 Å². The number of halogens is 1. The number of ether oxygens (including phenoxy) is 1. The topological polar surface area (TPSA) is 85.6 Å². The van der Waals surface area contributed by atoms with Crippen molar-refractivity contribution in [2.24, 2.45) is 5.10 Å². The molecule has 1 N–H and O–H groups in total. The molecule has 0 aliphatic rings. The van der Waals surface area contributed by atoms with E-state index in [1.54, 1.807) is 42.5 Å². The number of anilines is 1. The van der Waals surface area contributed by atoms with Gasteiger partial charge >= 0.3 is 0 Å². The third-order valence-electron chi connectivity index (χ3n) is 4.69. The monoisotopic (exact) mass is 452 g/mol. The average Bonchev–Trinajstić information content (AvgIpc) is 2.82. The van der Waals surface area contributed by atoms with Gasteiger partial charge in [0.25, 0.3) is 5.56 Å². The smallest absolute Gasteiger partial charge is 0.292 e. The second-order valence-electron chi connectivity index (χ2n) is 7.06. The summed E-state index contributed by atoms with van der Waals surface area (Å²) in [6.07, 6.45) is 6.85. The summed E-state index contributed by atoms with van der Waals surface area (Å²) in [7, 11) is 0. The fourth-order valence-corrected chi connectivity index (χ4v) is 3.17. The van der Waals surface area contributed by atoms with E-state index in [0.29, 0.717) is 23.6 Å². The van der Waals surface area contributed by atoms with E-state index >= 15 is 0 Å². The van der Waals surface area contributed by atoms with Crippen LogP contribution in [-0.4, -0.2) is 28.4 Å². The molecule has 0 aliphatic heterocycles. The van der Waals surface area contributed by atoms with Crippen LogP contribution < -0.4 is 15.7 Å². The highest BCUT2D eigenvalue weighted by molar-refractivity contribution is 6.36. The molecule has 0 aliphatic carbocycles. The minimum absolute atomic E-state index is 0.0794. The van der Waals surface area contributed by atoms with Crippen LogP contribution in [0.3, 0.4) is 0 Å². The Balaban J connectivity index is 1.66. The summed E-state index contributed by atoms with van der Waals surface area (Å²) in [6.45, 7) is 2.71. The molecule has 0 saturated heterocycles. The van der Waals surface area contributed by atoms with Gasteiger partial charge in [0.2, 0.25) is 5.78 Å². The van der Waals surface area contributed by atoms with Crippen molar-refractivity contribution >= 4 is 29.3 Å². The molecule has 0 saturated carbocycles. The van der Waals surface area contributed by atoms with E-state index in [1.807, 2.05) is 12.1 Å². The summed E-state index contributed by atoms with van der Waals surface area (Å²) in [5, 5.41) is 7.96. The van der Waals surface area contributed by atoms with Crippen LogP contribution in [0.4, 0.5) is 5.69 Å². The zero-order valence-electron chi connectivity index (χ0n) is 17.8. The molecule has 0 unspecified atom stereocenters. The molecule has 0 fully saturated rings. The summed E-state index contributed by atoms with van der Waals surface area (Å²) >= 11 is 6.18. The van der Waals surface area contributed by atoms with Gasteiger partial charge in [-0.15, -0.1) is 0 Å². The number of carbonyl (C=O) groups excluding carboxylic acids is 1. The lowest BCUT2D eigenvalue weighted by Gasteiger charge is -2.09. The van der Waals surface area contributed by atoms with Crippen LogP contribution in [0.2, 0.25) is 5.02 Å². The first-order chi connectivity index (χ1) is 15.6. The largest absolute Gasteiger partial charge is 0.493 e. The quantitative estimate of drug-likeness (QED) is 0.189. The van der Waals surface area contributed by atoms with Crippen molar-refractivity contribution in [2.45, 2.75) is 32.6 Å². The van der Waals surface area contributed by atoms with E-state index in [9.17, 15) is 9.59 Å². The van der Waals surface area contributed by atoms with Crippen molar-refractivity contribution in [3.63, 3.8) is 0 Å². The van der Waals surface area contributed by atoms with Gasteiger partial charge in [0, 0.05) is 0 Å². The maximum absolute atomic E-state index is 12.6. The molecule has 2 aromatic carbocycles. The second-order valence-corrected chi connectivity index (χ2v) is 7.44. The molecular formula is C24H25ClN4O3. The van der Waals surface area contributed by atoms with Crippen molar-refractivity contribution < 1.29 is 9.53 Å². The van der Waals surface area contributed by atoms with Crippen molar-refractivity contribution in [1.29, 1.82) is 0 Å². The van der Waals surface area contributed by atoms with E-state index in [0.717, 1.165) is 31.9 Å². The minimum atomic E-state index is -0.494. The summed E-state index contributed by atoms with van der Waals surface area (Å²) in [5.74, 6) is 0.189. The average molecular weight is 453 g/mol. The van der Waals surface area contributed by atoms with E-state index in [2.05, 4.69) is 22.5 Å². The Hall–Kier alpha value is -3.45. The van der Waals surface area contributed by atoms with Crippen molar-refractivity contribution in [3.05, 3.63) is 81.7 Å². The number of ketones is 1. The van der Waals surface area contributed by atoms with Gasteiger partial charge in [-0.3, -0.25) is 15.0 Å². The number of benzene rings is 2. The van der Waals surface area contributed by atoms with Gasteiger partial charge in [0.05, 0.1) is 30.3 Å². The standard InChI is InChI=1S/C24H25ClN4O3/c1-2-3-4-10-15-32-22-14-9-8-13-19(22)21(30)17-26-28-20-16-27-29(24(31)23(20)25)18-11-6-5-7-12-18/h5-9,11-14,16-17,28H,2-4,10,15H2,1H3/b26-17-. The van der Waals surface area contributed by atoms with Crippen LogP contribution >= 0.6 is 11.6 Å². The highest BCUT2D eigenvalue weighted by atomic mass is 35.5. The van der Waals surface area contributed by atoms with Crippen LogP contribution in [0.25, 0.3) is 5.69 Å². The molecule has 7 nitrogen and oxygen atoms in total. The number of unbranched alkanes of at least 4 members (excludes halogenated alkanes) is 3. The maximum atomic E-state index is 12.6. The van der Waals surface area contributed by atoms with Gasteiger partial charge in [0.1, 0.15) is 16.5 Å². The number of rotatable bonds is 11. The number of hydrogen-bond donors (Lipinski definition) is 1. The lowest BCUT2D eigenvalue weighted by Crippen LogP contribution is -2.22. The van der Waals surface area contributed by atoms with Crippen LogP contribution in [0.1, 0.15) is 43.0 Å². The predicted octanol–water partition coefficient (Wildman–Crippen LogP) is 5.13. The summed E-state index contributed by atoms with van der Waals surface area (Å²) in [4.78, 5) is 25.1. The number of para-hydroxylation sites is 2. The number of Topliss-reactive ketones (excluding diaryl/α,β-unsaturated/α-hetero) is 1. The molecule has 0 amide bonds.